The third-order valence-corrected chi connectivity index (χ3v) is 5.97. The zero-order chi connectivity index (χ0) is 21.2. The minimum Gasteiger partial charge on any atom is -0.493 e. The molecule has 0 radical (unpaired) electrons. The van der Waals surface area contributed by atoms with Crippen molar-refractivity contribution in [2.24, 2.45) is 0 Å². The summed E-state index contributed by atoms with van der Waals surface area (Å²) < 4.78 is 11.2. The molecule has 1 aliphatic carbocycles. The molecular formula is C25H20N2O3S. The zero-order valence-electron chi connectivity index (χ0n) is 16.9. The van der Waals surface area contributed by atoms with Gasteiger partial charge in [-0.05, 0) is 59.0 Å². The molecular weight excluding hydrogens is 408 g/mol. The zero-order valence-corrected chi connectivity index (χ0v) is 17.7. The average molecular weight is 429 g/mol. The third kappa shape index (κ3) is 3.90. The fourth-order valence-electron chi connectivity index (χ4n) is 3.81. The van der Waals surface area contributed by atoms with Gasteiger partial charge in [0.1, 0.15) is 6.61 Å². The van der Waals surface area contributed by atoms with E-state index in [-0.39, 0.29) is 5.91 Å². The van der Waals surface area contributed by atoms with Gasteiger partial charge in [0, 0.05) is 16.6 Å². The molecule has 5 rings (SSSR count). The highest BCUT2D eigenvalue weighted by molar-refractivity contribution is 7.07. The SMILES string of the molecule is COc1cc(C(=O)Nc2ccc3c(c2)Cc2ccccc2-3)ccc1OCc1cscn1. The van der Waals surface area contributed by atoms with Crippen LogP contribution in [0.15, 0.2) is 71.6 Å². The van der Waals surface area contributed by atoms with Gasteiger partial charge in [0.25, 0.3) is 5.91 Å². The van der Waals surface area contributed by atoms with E-state index in [2.05, 4.69) is 46.7 Å². The van der Waals surface area contributed by atoms with Gasteiger partial charge in [-0.15, -0.1) is 11.3 Å². The molecule has 1 aliphatic rings. The Morgan fingerprint density at radius 3 is 2.74 bits per heavy atom. The van der Waals surface area contributed by atoms with Crippen molar-refractivity contribution in [3.8, 4) is 22.6 Å². The normalized spacial score (nSPS) is 11.5. The lowest BCUT2D eigenvalue weighted by molar-refractivity contribution is 0.102. The number of hydrogen-bond acceptors (Lipinski definition) is 5. The standard InChI is InChI=1S/C25H20N2O3S/c1-29-24-12-17(6-9-23(24)30-13-20-14-31-15-26-20)25(28)27-19-7-8-22-18(11-19)10-16-4-2-3-5-21(16)22/h2-9,11-12,14-15H,10,13H2,1H3,(H,27,28). The summed E-state index contributed by atoms with van der Waals surface area (Å²) in [4.78, 5) is 17.0. The number of benzene rings is 3. The molecule has 154 valence electrons. The number of aromatic nitrogens is 1. The van der Waals surface area contributed by atoms with Crippen LogP contribution in [0.4, 0.5) is 5.69 Å². The van der Waals surface area contributed by atoms with Crippen LogP contribution in [0.2, 0.25) is 0 Å². The van der Waals surface area contributed by atoms with Crippen LogP contribution in [0.5, 0.6) is 11.5 Å². The first-order valence-corrected chi connectivity index (χ1v) is 10.9. The summed E-state index contributed by atoms with van der Waals surface area (Å²) >= 11 is 1.52. The van der Waals surface area contributed by atoms with E-state index >= 15 is 0 Å². The lowest BCUT2D eigenvalue weighted by atomic mass is 10.1. The molecule has 0 aliphatic heterocycles. The first kappa shape index (κ1) is 19.3. The van der Waals surface area contributed by atoms with E-state index in [9.17, 15) is 4.79 Å². The molecule has 0 atom stereocenters. The van der Waals surface area contributed by atoms with Gasteiger partial charge in [-0.25, -0.2) is 4.98 Å². The van der Waals surface area contributed by atoms with Gasteiger partial charge >= 0.3 is 0 Å². The second-order valence-corrected chi connectivity index (χ2v) is 8.01. The molecule has 31 heavy (non-hydrogen) atoms. The van der Waals surface area contributed by atoms with E-state index in [0.717, 1.165) is 17.8 Å². The van der Waals surface area contributed by atoms with Gasteiger partial charge < -0.3 is 14.8 Å². The number of carbonyl (C=O) groups is 1. The topological polar surface area (TPSA) is 60.5 Å². The van der Waals surface area contributed by atoms with Crippen molar-refractivity contribution in [2.75, 3.05) is 12.4 Å². The molecule has 0 fully saturated rings. The summed E-state index contributed by atoms with van der Waals surface area (Å²) in [6.45, 7) is 0.350. The highest BCUT2D eigenvalue weighted by atomic mass is 32.1. The third-order valence-electron chi connectivity index (χ3n) is 5.34. The minimum absolute atomic E-state index is 0.195. The lowest BCUT2D eigenvalue weighted by Crippen LogP contribution is -2.12. The van der Waals surface area contributed by atoms with Gasteiger partial charge in [0.2, 0.25) is 0 Å². The Bertz CT molecular complexity index is 1250. The molecule has 1 aromatic heterocycles. The van der Waals surface area contributed by atoms with Crippen molar-refractivity contribution >= 4 is 22.9 Å². The number of methoxy groups -OCH3 is 1. The molecule has 1 amide bonds. The van der Waals surface area contributed by atoms with Crippen molar-refractivity contribution in [3.05, 3.63) is 93.9 Å². The molecule has 3 aromatic carbocycles. The van der Waals surface area contributed by atoms with Gasteiger partial charge in [-0.3, -0.25) is 4.79 Å². The Kier molecular flexibility index (Phi) is 5.14. The molecule has 1 heterocycles. The molecule has 0 unspecified atom stereocenters. The van der Waals surface area contributed by atoms with Crippen LogP contribution in [0.25, 0.3) is 11.1 Å². The number of thiazole rings is 1. The predicted octanol–water partition coefficient (Wildman–Crippen LogP) is 5.55. The number of hydrogen-bond donors (Lipinski definition) is 1. The highest BCUT2D eigenvalue weighted by Crippen LogP contribution is 2.37. The van der Waals surface area contributed by atoms with Crippen molar-refractivity contribution in [2.45, 2.75) is 13.0 Å². The van der Waals surface area contributed by atoms with Crippen LogP contribution in [0.1, 0.15) is 27.2 Å². The van der Waals surface area contributed by atoms with E-state index in [4.69, 9.17) is 9.47 Å². The second-order valence-electron chi connectivity index (χ2n) is 7.29. The van der Waals surface area contributed by atoms with Crippen molar-refractivity contribution in [1.82, 2.24) is 4.98 Å². The summed E-state index contributed by atoms with van der Waals surface area (Å²) in [5.74, 6) is 0.884. The molecule has 0 bridgehead atoms. The van der Waals surface area contributed by atoms with Gasteiger partial charge in [-0.1, -0.05) is 30.3 Å². The first-order chi connectivity index (χ1) is 15.2. The Labute approximate surface area is 184 Å². The van der Waals surface area contributed by atoms with Crippen molar-refractivity contribution in [3.63, 3.8) is 0 Å². The van der Waals surface area contributed by atoms with Gasteiger partial charge in [-0.2, -0.15) is 0 Å². The fraction of sp³-hybridized carbons (Fsp3) is 0.120. The van der Waals surface area contributed by atoms with E-state index < -0.39 is 0 Å². The molecule has 6 heteroatoms. The Hall–Kier alpha value is -3.64. The molecule has 0 saturated carbocycles. The van der Waals surface area contributed by atoms with E-state index in [1.54, 1.807) is 30.8 Å². The van der Waals surface area contributed by atoms with Crippen molar-refractivity contribution in [1.29, 1.82) is 0 Å². The maximum atomic E-state index is 12.8. The quantitative estimate of drug-likeness (QED) is 0.385. The number of nitrogens with one attached hydrogen (secondary N) is 1. The van der Waals surface area contributed by atoms with Crippen molar-refractivity contribution < 1.29 is 14.3 Å². The number of amides is 1. The summed E-state index contributed by atoms with van der Waals surface area (Å²) in [5.41, 5.74) is 8.95. The van der Waals surface area contributed by atoms with Crippen LogP contribution in [-0.4, -0.2) is 18.0 Å². The summed E-state index contributed by atoms with van der Waals surface area (Å²) in [6, 6.07) is 19.7. The largest absolute Gasteiger partial charge is 0.493 e. The fourth-order valence-corrected chi connectivity index (χ4v) is 4.36. The van der Waals surface area contributed by atoms with E-state index in [0.29, 0.717) is 23.7 Å². The van der Waals surface area contributed by atoms with Crippen LogP contribution >= 0.6 is 11.3 Å². The van der Waals surface area contributed by atoms with Gasteiger partial charge in [0.15, 0.2) is 11.5 Å². The molecule has 0 spiro atoms. The van der Waals surface area contributed by atoms with Crippen LogP contribution in [-0.2, 0) is 13.0 Å². The highest BCUT2D eigenvalue weighted by Gasteiger charge is 2.19. The lowest BCUT2D eigenvalue weighted by Gasteiger charge is -2.12. The number of anilines is 1. The van der Waals surface area contributed by atoms with Crippen LogP contribution in [0, 0.1) is 0 Å². The van der Waals surface area contributed by atoms with Crippen LogP contribution < -0.4 is 14.8 Å². The number of rotatable bonds is 6. The van der Waals surface area contributed by atoms with E-state index in [1.165, 1.54) is 33.6 Å². The molecule has 0 saturated heterocycles. The van der Waals surface area contributed by atoms with Gasteiger partial charge in [0.05, 0.1) is 18.3 Å². The summed E-state index contributed by atoms with van der Waals surface area (Å²) in [7, 11) is 1.56. The van der Waals surface area contributed by atoms with Crippen LogP contribution in [0.3, 0.4) is 0 Å². The Morgan fingerprint density at radius 1 is 1.03 bits per heavy atom. The number of carbonyl (C=O) groups excluding carboxylic acids is 1. The number of ether oxygens (including phenoxy) is 2. The monoisotopic (exact) mass is 428 g/mol. The Balaban J connectivity index is 1.31. The molecule has 1 N–H and O–H groups in total. The predicted molar refractivity (Wildman–Crippen MR) is 122 cm³/mol. The smallest absolute Gasteiger partial charge is 0.255 e. The average Bonchev–Trinajstić information content (AvgIpc) is 3.44. The molecule has 5 nitrogen and oxygen atoms in total. The first-order valence-electron chi connectivity index (χ1n) is 9.92. The Morgan fingerprint density at radius 2 is 1.90 bits per heavy atom. The maximum Gasteiger partial charge on any atom is 0.255 e. The second kappa shape index (κ2) is 8.24. The minimum atomic E-state index is -0.195. The summed E-state index contributed by atoms with van der Waals surface area (Å²) in [5, 5.41) is 4.93. The number of nitrogens with zero attached hydrogens (tertiary/aromatic N) is 1. The molecule has 4 aromatic rings. The summed E-state index contributed by atoms with van der Waals surface area (Å²) in [6.07, 6.45) is 0.883. The number of fused-ring (bicyclic) bond motifs is 3. The van der Waals surface area contributed by atoms with E-state index in [1.807, 2.05) is 11.4 Å². The maximum absolute atomic E-state index is 12.8.